The molecule has 0 aliphatic carbocycles. The number of carbonyl (C=O) groups excluding carboxylic acids is 1. The molecule has 0 radical (unpaired) electrons. The van der Waals surface area contributed by atoms with Gasteiger partial charge in [-0.2, -0.15) is 13.2 Å². The van der Waals surface area contributed by atoms with E-state index in [-0.39, 0.29) is 22.3 Å². The molecule has 4 rings (SSSR count). The third kappa shape index (κ3) is 6.85. The third-order valence-corrected chi connectivity index (χ3v) is 5.30. The van der Waals surface area contributed by atoms with Gasteiger partial charge in [0.1, 0.15) is 5.75 Å². The second kappa shape index (κ2) is 11.0. The van der Waals surface area contributed by atoms with E-state index in [0.717, 1.165) is 0 Å². The van der Waals surface area contributed by atoms with Crippen LogP contribution in [0.25, 0.3) is 11.3 Å². The molecular weight excluding hydrogens is 493 g/mol. The quantitative estimate of drug-likeness (QED) is 0.239. The van der Waals surface area contributed by atoms with E-state index < -0.39 is 11.5 Å². The lowest BCUT2D eigenvalue weighted by atomic mass is 10.2. The first kappa shape index (κ1) is 24.8. The number of aromatic nitrogens is 3. The Kier molecular flexibility index (Phi) is 7.54. The van der Waals surface area contributed by atoms with E-state index in [1.54, 1.807) is 55.8 Å². The normalized spacial score (nSPS) is 11.0. The minimum atomic E-state index is -4.41. The fourth-order valence-corrected chi connectivity index (χ4v) is 3.68. The molecule has 0 unspecified atom stereocenters. The molecule has 0 saturated heterocycles. The molecule has 36 heavy (non-hydrogen) atoms. The predicted molar refractivity (Wildman–Crippen MR) is 132 cm³/mol. The number of nitrogens with one attached hydrogen (secondary N) is 3. The average Bonchev–Trinajstić information content (AvgIpc) is 2.85. The molecule has 2 amide bonds. The Balaban J connectivity index is 1.40. The Hall–Kier alpha value is -4.32. The van der Waals surface area contributed by atoms with Crippen LogP contribution in [-0.2, 0) is 0 Å². The molecule has 0 aliphatic heterocycles. The van der Waals surface area contributed by atoms with Crippen LogP contribution in [0.5, 0.6) is 11.6 Å². The Labute approximate surface area is 208 Å². The summed E-state index contributed by atoms with van der Waals surface area (Å²) in [6.07, 6.45) is 3.23. The predicted octanol–water partition coefficient (Wildman–Crippen LogP) is 6.63. The SMILES string of the molecule is CNc1nccc(-c2cccnc2Oc2ccc(NC(=O)Nc3cccc(SC(F)(F)F)c3)cc2)n1. The lowest BCUT2D eigenvalue weighted by Crippen LogP contribution is -2.19. The fraction of sp³-hybridized carbons (Fsp3) is 0.0833. The minimum Gasteiger partial charge on any atom is -0.438 e. The number of anilines is 3. The van der Waals surface area contributed by atoms with E-state index in [4.69, 9.17) is 4.74 Å². The maximum absolute atomic E-state index is 12.6. The van der Waals surface area contributed by atoms with Crippen LogP contribution < -0.4 is 20.7 Å². The topological polar surface area (TPSA) is 101 Å². The summed E-state index contributed by atoms with van der Waals surface area (Å²) in [6, 6.07) is 16.8. The van der Waals surface area contributed by atoms with Gasteiger partial charge in [0.15, 0.2) is 0 Å². The molecule has 0 saturated carbocycles. The van der Waals surface area contributed by atoms with E-state index in [1.807, 2.05) is 6.07 Å². The molecule has 0 spiro atoms. The van der Waals surface area contributed by atoms with E-state index in [0.29, 0.717) is 34.5 Å². The Morgan fingerprint density at radius 3 is 2.44 bits per heavy atom. The summed E-state index contributed by atoms with van der Waals surface area (Å²) in [6.45, 7) is 0. The second-order valence-electron chi connectivity index (χ2n) is 7.15. The van der Waals surface area contributed by atoms with Crippen LogP contribution in [0.1, 0.15) is 0 Å². The molecule has 8 nitrogen and oxygen atoms in total. The number of pyridine rings is 1. The first-order valence-corrected chi connectivity index (χ1v) is 11.3. The van der Waals surface area contributed by atoms with Crippen LogP contribution in [0.3, 0.4) is 0 Å². The minimum absolute atomic E-state index is 0.0279. The monoisotopic (exact) mass is 512 g/mol. The molecule has 4 aromatic rings. The van der Waals surface area contributed by atoms with Crippen LogP contribution in [0, 0.1) is 0 Å². The van der Waals surface area contributed by atoms with Crippen LogP contribution in [0.4, 0.5) is 35.3 Å². The van der Waals surface area contributed by atoms with Crippen molar-refractivity contribution in [1.29, 1.82) is 0 Å². The van der Waals surface area contributed by atoms with Crippen molar-refractivity contribution in [2.75, 3.05) is 23.0 Å². The van der Waals surface area contributed by atoms with Crippen molar-refractivity contribution in [2.45, 2.75) is 10.4 Å². The summed E-state index contributed by atoms with van der Waals surface area (Å²) in [5.41, 5.74) is -2.42. The Morgan fingerprint density at radius 2 is 1.69 bits per heavy atom. The number of urea groups is 1. The number of rotatable bonds is 7. The Morgan fingerprint density at radius 1 is 0.917 bits per heavy atom. The summed E-state index contributed by atoms with van der Waals surface area (Å²) in [5.74, 6) is 1.27. The molecule has 0 bridgehead atoms. The lowest BCUT2D eigenvalue weighted by Gasteiger charge is -2.12. The second-order valence-corrected chi connectivity index (χ2v) is 8.29. The van der Waals surface area contributed by atoms with Crippen LogP contribution in [0.2, 0.25) is 0 Å². The summed E-state index contributed by atoms with van der Waals surface area (Å²) in [7, 11) is 1.72. The highest BCUT2D eigenvalue weighted by atomic mass is 32.2. The number of ether oxygens (including phenoxy) is 1. The number of hydrogen-bond acceptors (Lipinski definition) is 7. The number of alkyl halides is 3. The molecule has 184 valence electrons. The van der Waals surface area contributed by atoms with Gasteiger partial charge in [0.05, 0.1) is 11.3 Å². The van der Waals surface area contributed by atoms with E-state index in [9.17, 15) is 18.0 Å². The van der Waals surface area contributed by atoms with Gasteiger partial charge in [-0.05, 0) is 72.4 Å². The molecular formula is C24H19F3N6O2S. The zero-order valence-electron chi connectivity index (χ0n) is 18.7. The fourth-order valence-electron chi connectivity index (χ4n) is 3.08. The van der Waals surface area contributed by atoms with Crippen LogP contribution in [-0.4, -0.2) is 33.5 Å². The highest BCUT2D eigenvalue weighted by molar-refractivity contribution is 8.00. The van der Waals surface area contributed by atoms with E-state index in [2.05, 4.69) is 30.9 Å². The van der Waals surface area contributed by atoms with Crippen molar-refractivity contribution >= 4 is 35.1 Å². The summed E-state index contributed by atoms with van der Waals surface area (Å²) >= 11 is -0.251. The van der Waals surface area contributed by atoms with Crippen molar-refractivity contribution in [2.24, 2.45) is 0 Å². The number of hydrogen-bond donors (Lipinski definition) is 3. The van der Waals surface area contributed by atoms with E-state index in [1.165, 1.54) is 24.3 Å². The first-order valence-electron chi connectivity index (χ1n) is 10.5. The van der Waals surface area contributed by atoms with Gasteiger partial charge < -0.3 is 20.7 Å². The number of amides is 2. The van der Waals surface area contributed by atoms with Gasteiger partial charge in [-0.25, -0.2) is 19.7 Å². The molecule has 0 atom stereocenters. The third-order valence-electron chi connectivity index (χ3n) is 4.58. The van der Waals surface area contributed by atoms with Crippen LogP contribution in [0.15, 0.2) is 84.0 Å². The van der Waals surface area contributed by atoms with Crippen molar-refractivity contribution in [3.8, 4) is 22.9 Å². The maximum Gasteiger partial charge on any atom is 0.446 e. The molecule has 0 fully saturated rings. The van der Waals surface area contributed by atoms with Gasteiger partial charge in [0.2, 0.25) is 11.8 Å². The van der Waals surface area contributed by atoms with Gasteiger partial charge in [0.25, 0.3) is 0 Å². The summed E-state index contributed by atoms with van der Waals surface area (Å²) in [5, 5.41) is 8.03. The van der Waals surface area contributed by atoms with Gasteiger partial charge in [0, 0.05) is 35.7 Å². The van der Waals surface area contributed by atoms with Crippen molar-refractivity contribution in [1.82, 2.24) is 15.0 Å². The van der Waals surface area contributed by atoms with Gasteiger partial charge in [-0.15, -0.1) is 0 Å². The zero-order valence-corrected chi connectivity index (χ0v) is 19.5. The molecule has 2 aromatic carbocycles. The van der Waals surface area contributed by atoms with Gasteiger partial charge in [-0.3, -0.25) is 0 Å². The highest BCUT2D eigenvalue weighted by Crippen LogP contribution is 2.37. The van der Waals surface area contributed by atoms with Gasteiger partial charge >= 0.3 is 11.5 Å². The lowest BCUT2D eigenvalue weighted by molar-refractivity contribution is -0.0328. The molecule has 2 heterocycles. The first-order chi connectivity index (χ1) is 17.3. The van der Waals surface area contributed by atoms with Crippen LogP contribution >= 0.6 is 11.8 Å². The summed E-state index contributed by atoms with van der Waals surface area (Å²) in [4.78, 5) is 25.1. The zero-order chi connectivity index (χ0) is 25.5. The standard InChI is InChI=1S/C24H19F3N6O2S/c1-28-22-30-13-11-20(33-22)19-6-3-12-29-21(19)35-17-9-7-15(8-10-17)31-23(34)32-16-4-2-5-18(14-16)36-24(25,26)27/h2-14H,1H3,(H,28,30,33)(H2,31,32,34). The highest BCUT2D eigenvalue weighted by Gasteiger charge is 2.29. The Bertz CT molecular complexity index is 1350. The number of thioether (sulfide) groups is 1. The number of nitrogens with zero attached hydrogens (tertiary/aromatic N) is 3. The van der Waals surface area contributed by atoms with Crippen molar-refractivity contribution < 1.29 is 22.7 Å². The average molecular weight is 513 g/mol. The summed E-state index contributed by atoms with van der Waals surface area (Å²) < 4.78 is 43.7. The molecule has 12 heteroatoms. The number of halogens is 3. The van der Waals surface area contributed by atoms with E-state index >= 15 is 0 Å². The van der Waals surface area contributed by atoms with Crippen molar-refractivity contribution in [3.05, 3.63) is 79.1 Å². The number of carbonyl (C=O) groups is 1. The molecule has 0 aliphatic rings. The smallest absolute Gasteiger partial charge is 0.438 e. The van der Waals surface area contributed by atoms with Gasteiger partial charge in [-0.1, -0.05) is 6.07 Å². The molecule has 2 aromatic heterocycles. The largest absolute Gasteiger partial charge is 0.446 e. The van der Waals surface area contributed by atoms with Crippen molar-refractivity contribution in [3.63, 3.8) is 0 Å². The number of benzene rings is 2. The maximum atomic E-state index is 12.6. The molecule has 3 N–H and O–H groups in total.